The summed E-state index contributed by atoms with van der Waals surface area (Å²) in [6, 6.07) is 11.8. The second-order valence-corrected chi connectivity index (χ2v) is 7.85. The molecule has 0 fully saturated rings. The summed E-state index contributed by atoms with van der Waals surface area (Å²) in [5, 5.41) is 2.74. The van der Waals surface area contributed by atoms with Crippen LogP contribution in [-0.2, 0) is 14.6 Å². The molecule has 1 N–H and O–H groups in total. The number of aryl methyl sites for hydroxylation is 1. The first kappa shape index (κ1) is 17.3. The fraction of sp³-hybridized carbons (Fsp3) is 0.278. The topological polar surface area (TPSA) is 81.7 Å². The molecule has 25 heavy (non-hydrogen) atoms. The van der Waals surface area contributed by atoms with E-state index in [1.165, 1.54) is 12.1 Å². The van der Waals surface area contributed by atoms with Crippen LogP contribution in [0.5, 0.6) is 11.5 Å². The number of nitrogens with one attached hydrogen (secondary N) is 1. The first-order valence-electron chi connectivity index (χ1n) is 7.93. The Balaban J connectivity index is 1.65. The lowest BCUT2D eigenvalue weighted by Gasteiger charge is -2.18. The molecule has 0 bridgehead atoms. The molecule has 3 rings (SSSR count). The van der Waals surface area contributed by atoms with Crippen LogP contribution < -0.4 is 14.8 Å². The maximum Gasteiger partial charge on any atom is 0.225 e. The summed E-state index contributed by atoms with van der Waals surface area (Å²) < 4.78 is 35.7. The predicted molar refractivity (Wildman–Crippen MR) is 93.9 cm³/mol. The van der Waals surface area contributed by atoms with Crippen LogP contribution in [0.2, 0.25) is 0 Å². The van der Waals surface area contributed by atoms with Gasteiger partial charge in [-0.15, -0.1) is 0 Å². The van der Waals surface area contributed by atoms with Gasteiger partial charge in [-0.3, -0.25) is 4.79 Å². The van der Waals surface area contributed by atoms with Crippen molar-refractivity contribution in [2.75, 3.05) is 24.3 Å². The summed E-state index contributed by atoms with van der Waals surface area (Å²) in [7, 11) is -3.59. The highest BCUT2D eigenvalue weighted by molar-refractivity contribution is 7.91. The molecule has 0 saturated carbocycles. The van der Waals surface area contributed by atoms with E-state index in [-0.39, 0.29) is 23.0 Å². The first-order valence-corrected chi connectivity index (χ1v) is 9.59. The fourth-order valence-electron chi connectivity index (χ4n) is 2.49. The van der Waals surface area contributed by atoms with E-state index in [9.17, 15) is 13.2 Å². The van der Waals surface area contributed by atoms with Gasteiger partial charge >= 0.3 is 0 Å². The summed E-state index contributed by atoms with van der Waals surface area (Å²) in [6.07, 6.45) is -0.120. The Morgan fingerprint density at radius 1 is 1.08 bits per heavy atom. The summed E-state index contributed by atoms with van der Waals surface area (Å²) in [5.74, 6) is 0.333. The van der Waals surface area contributed by atoms with E-state index in [1.54, 1.807) is 12.1 Å². The zero-order chi connectivity index (χ0) is 17.9. The van der Waals surface area contributed by atoms with Crippen LogP contribution in [-0.4, -0.2) is 33.3 Å². The highest BCUT2D eigenvalue weighted by Gasteiger charge is 2.20. The van der Waals surface area contributed by atoms with Gasteiger partial charge in [0.1, 0.15) is 13.2 Å². The van der Waals surface area contributed by atoms with Crippen LogP contribution in [0.4, 0.5) is 5.69 Å². The molecular formula is C18H19NO5S. The highest BCUT2D eigenvalue weighted by atomic mass is 32.2. The number of hydrogen-bond donors (Lipinski definition) is 1. The van der Waals surface area contributed by atoms with Crippen molar-refractivity contribution >= 4 is 21.4 Å². The monoisotopic (exact) mass is 361 g/mol. The van der Waals surface area contributed by atoms with E-state index in [0.29, 0.717) is 30.4 Å². The Morgan fingerprint density at radius 2 is 1.80 bits per heavy atom. The number of amides is 1. The van der Waals surface area contributed by atoms with Crippen molar-refractivity contribution < 1.29 is 22.7 Å². The summed E-state index contributed by atoms with van der Waals surface area (Å²) in [4.78, 5) is 12.2. The van der Waals surface area contributed by atoms with E-state index < -0.39 is 9.84 Å². The number of para-hydroxylation sites is 1. The molecule has 1 heterocycles. The molecule has 0 spiro atoms. The van der Waals surface area contributed by atoms with Gasteiger partial charge in [-0.25, -0.2) is 8.42 Å². The number of sulfone groups is 1. The normalized spacial score (nSPS) is 13.3. The van der Waals surface area contributed by atoms with Gasteiger partial charge in [-0.1, -0.05) is 18.2 Å². The molecule has 0 aliphatic carbocycles. The quantitative estimate of drug-likeness (QED) is 0.885. The number of fused-ring (bicyclic) bond motifs is 1. The Labute approximate surface area is 146 Å². The number of hydrogen-bond acceptors (Lipinski definition) is 5. The minimum atomic E-state index is -3.59. The van der Waals surface area contributed by atoms with Crippen molar-refractivity contribution in [3.05, 3.63) is 48.0 Å². The van der Waals surface area contributed by atoms with Crippen molar-refractivity contribution in [2.24, 2.45) is 0 Å². The van der Waals surface area contributed by atoms with Crippen molar-refractivity contribution in [2.45, 2.75) is 18.2 Å². The maximum absolute atomic E-state index is 12.5. The Kier molecular flexibility index (Phi) is 4.94. The lowest BCUT2D eigenvalue weighted by Crippen LogP contribution is -2.19. The van der Waals surface area contributed by atoms with Crippen LogP contribution in [0.25, 0.3) is 0 Å². The summed E-state index contributed by atoms with van der Waals surface area (Å²) in [6.45, 7) is 2.70. The molecule has 1 aliphatic rings. The SMILES string of the molecule is Cc1ccccc1NC(=O)CCS(=O)(=O)c1ccc2c(c1)OCCO2. The molecule has 0 aromatic heterocycles. The summed E-state index contributed by atoms with van der Waals surface area (Å²) >= 11 is 0. The van der Waals surface area contributed by atoms with Gasteiger partial charge in [0.15, 0.2) is 21.3 Å². The van der Waals surface area contributed by atoms with E-state index in [1.807, 2.05) is 25.1 Å². The second-order valence-electron chi connectivity index (χ2n) is 5.74. The summed E-state index contributed by atoms with van der Waals surface area (Å²) in [5.41, 5.74) is 1.61. The van der Waals surface area contributed by atoms with Gasteiger partial charge in [-0.2, -0.15) is 0 Å². The van der Waals surface area contributed by atoms with Crippen molar-refractivity contribution in [1.29, 1.82) is 0 Å². The second kappa shape index (κ2) is 7.14. The van der Waals surface area contributed by atoms with Crippen LogP contribution in [0, 0.1) is 6.92 Å². The third kappa shape index (κ3) is 4.11. The molecule has 132 valence electrons. The molecule has 0 unspecified atom stereocenters. The molecule has 1 amide bonds. The van der Waals surface area contributed by atoms with Crippen LogP contribution in [0.3, 0.4) is 0 Å². The van der Waals surface area contributed by atoms with Crippen molar-refractivity contribution in [3.63, 3.8) is 0 Å². The molecule has 0 atom stereocenters. The molecule has 6 nitrogen and oxygen atoms in total. The number of carbonyl (C=O) groups excluding carboxylic acids is 1. The van der Waals surface area contributed by atoms with Gasteiger partial charge < -0.3 is 14.8 Å². The van der Waals surface area contributed by atoms with E-state index in [0.717, 1.165) is 5.56 Å². The molecule has 0 radical (unpaired) electrons. The zero-order valence-electron chi connectivity index (χ0n) is 13.8. The zero-order valence-corrected chi connectivity index (χ0v) is 14.6. The molecule has 2 aromatic carbocycles. The van der Waals surface area contributed by atoms with E-state index >= 15 is 0 Å². The number of ether oxygens (including phenoxy) is 2. The van der Waals surface area contributed by atoms with Crippen LogP contribution in [0.1, 0.15) is 12.0 Å². The number of rotatable bonds is 5. The average Bonchev–Trinajstić information content (AvgIpc) is 2.62. The number of carbonyl (C=O) groups is 1. The smallest absolute Gasteiger partial charge is 0.225 e. The maximum atomic E-state index is 12.5. The van der Waals surface area contributed by atoms with Crippen LogP contribution >= 0.6 is 0 Å². The lowest BCUT2D eigenvalue weighted by atomic mass is 10.2. The van der Waals surface area contributed by atoms with Crippen LogP contribution in [0.15, 0.2) is 47.4 Å². The number of benzene rings is 2. The van der Waals surface area contributed by atoms with E-state index in [4.69, 9.17) is 9.47 Å². The largest absolute Gasteiger partial charge is 0.486 e. The number of anilines is 1. The average molecular weight is 361 g/mol. The molecule has 1 aliphatic heterocycles. The third-order valence-corrected chi connectivity index (χ3v) is 5.60. The van der Waals surface area contributed by atoms with Gasteiger partial charge in [0, 0.05) is 18.2 Å². The van der Waals surface area contributed by atoms with Gasteiger partial charge in [0.2, 0.25) is 5.91 Å². The molecular weight excluding hydrogens is 342 g/mol. The highest BCUT2D eigenvalue weighted by Crippen LogP contribution is 2.32. The Hall–Kier alpha value is -2.54. The minimum Gasteiger partial charge on any atom is -0.486 e. The molecule has 2 aromatic rings. The van der Waals surface area contributed by atoms with Crippen molar-refractivity contribution in [3.8, 4) is 11.5 Å². The standard InChI is InChI=1S/C18H19NO5S/c1-13-4-2-3-5-15(13)19-18(20)8-11-25(21,22)14-6-7-16-17(12-14)24-10-9-23-16/h2-7,12H,8-11H2,1H3,(H,19,20). The Morgan fingerprint density at radius 3 is 2.56 bits per heavy atom. The van der Waals surface area contributed by atoms with Gasteiger partial charge in [-0.05, 0) is 30.7 Å². The predicted octanol–water partition coefficient (Wildman–Crippen LogP) is 2.57. The van der Waals surface area contributed by atoms with Gasteiger partial charge in [0.25, 0.3) is 0 Å². The Bertz CT molecular complexity index is 892. The first-order chi connectivity index (χ1) is 12.0. The van der Waals surface area contributed by atoms with Gasteiger partial charge in [0.05, 0.1) is 10.6 Å². The van der Waals surface area contributed by atoms with E-state index in [2.05, 4.69) is 5.32 Å². The van der Waals surface area contributed by atoms with Crippen molar-refractivity contribution in [1.82, 2.24) is 0 Å². The minimum absolute atomic E-state index is 0.120. The molecule has 7 heteroatoms. The molecule has 0 saturated heterocycles. The lowest BCUT2D eigenvalue weighted by molar-refractivity contribution is -0.115. The third-order valence-electron chi connectivity index (χ3n) is 3.89. The fourth-order valence-corrected chi connectivity index (χ4v) is 3.74.